The van der Waals surface area contributed by atoms with Crippen molar-refractivity contribution >= 4 is 69.7 Å². The molecule has 0 aliphatic heterocycles. The predicted molar refractivity (Wildman–Crippen MR) is 98.6 cm³/mol. The van der Waals surface area contributed by atoms with Gasteiger partial charge in [0.05, 0.1) is 26.2 Å². The van der Waals surface area contributed by atoms with Gasteiger partial charge in [-0.2, -0.15) is 0 Å². The molecule has 0 aromatic heterocycles. The van der Waals surface area contributed by atoms with Crippen LogP contribution in [0.15, 0.2) is 36.4 Å². The lowest BCUT2D eigenvalue weighted by atomic mass is 10.2. The van der Waals surface area contributed by atoms with Crippen LogP contribution >= 0.6 is 47.0 Å². The van der Waals surface area contributed by atoms with Gasteiger partial charge in [0.2, 0.25) is 0 Å². The van der Waals surface area contributed by atoms with E-state index in [2.05, 4.69) is 10.6 Å². The lowest BCUT2D eigenvalue weighted by molar-refractivity contribution is 0.0697. The van der Waals surface area contributed by atoms with Crippen LogP contribution in [0.25, 0.3) is 0 Å². The van der Waals surface area contributed by atoms with Crippen LogP contribution in [0.4, 0.5) is 5.69 Å². The Morgan fingerprint density at radius 3 is 2.38 bits per heavy atom. The van der Waals surface area contributed by atoms with Crippen molar-refractivity contribution in [1.82, 2.24) is 5.32 Å². The molecule has 2 aromatic carbocycles. The summed E-state index contributed by atoms with van der Waals surface area (Å²) in [4.78, 5) is 23.2. The standard InChI is InChI=1S/C15H9Cl3N2O3S/c16-10-5-4-7(6-9(10)14(22)23)19-15(24)20-13(21)8-2-1-3-11(17)12(8)18/h1-6H,(H,22,23)(H2,19,20,21,24). The summed E-state index contributed by atoms with van der Waals surface area (Å²) in [5.41, 5.74) is 0.434. The van der Waals surface area contributed by atoms with E-state index in [1.165, 1.54) is 24.3 Å². The smallest absolute Gasteiger partial charge is 0.337 e. The number of amides is 1. The number of anilines is 1. The molecule has 0 fully saturated rings. The number of rotatable bonds is 3. The summed E-state index contributed by atoms with van der Waals surface area (Å²) >= 11 is 22.6. The minimum atomic E-state index is -1.18. The summed E-state index contributed by atoms with van der Waals surface area (Å²) in [6.07, 6.45) is 0. The molecule has 9 heteroatoms. The van der Waals surface area contributed by atoms with E-state index in [-0.39, 0.29) is 31.3 Å². The molecule has 0 bridgehead atoms. The SMILES string of the molecule is O=C(O)c1cc(NC(=S)NC(=O)c2cccc(Cl)c2Cl)ccc1Cl. The molecule has 0 unspecified atom stereocenters. The van der Waals surface area contributed by atoms with Crippen molar-refractivity contribution < 1.29 is 14.7 Å². The van der Waals surface area contributed by atoms with Gasteiger partial charge < -0.3 is 10.4 Å². The van der Waals surface area contributed by atoms with Crippen LogP contribution in [0.1, 0.15) is 20.7 Å². The molecule has 0 saturated carbocycles. The number of carboxylic acid groups (broad SMARTS) is 1. The van der Waals surface area contributed by atoms with Gasteiger partial charge in [0, 0.05) is 5.69 Å². The first kappa shape index (κ1) is 18.5. The predicted octanol–water partition coefficient (Wildman–Crippen LogP) is 4.47. The van der Waals surface area contributed by atoms with Gasteiger partial charge in [0.1, 0.15) is 0 Å². The maximum absolute atomic E-state index is 12.2. The van der Waals surface area contributed by atoms with Gasteiger partial charge in [-0.05, 0) is 42.5 Å². The third-order valence-corrected chi connectivity index (χ3v) is 4.23. The Labute approximate surface area is 157 Å². The average molecular weight is 404 g/mol. The number of hydrogen-bond acceptors (Lipinski definition) is 3. The molecule has 0 aliphatic carbocycles. The molecule has 124 valence electrons. The first-order chi connectivity index (χ1) is 11.3. The van der Waals surface area contributed by atoms with Crippen LogP contribution in [0, 0.1) is 0 Å². The fraction of sp³-hybridized carbons (Fsp3) is 0. The van der Waals surface area contributed by atoms with E-state index in [0.29, 0.717) is 5.69 Å². The Morgan fingerprint density at radius 1 is 1.00 bits per heavy atom. The van der Waals surface area contributed by atoms with Crippen molar-refractivity contribution in [3.63, 3.8) is 0 Å². The third kappa shape index (κ3) is 4.36. The molecular formula is C15H9Cl3N2O3S. The highest BCUT2D eigenvalue weighted by Crippen LogP contribution is 2.25. The monoisotopic (exact) mass is 402 g/mol. The molecule has 2 aromatic rings. The zero-order valence-corrected chi connectivity index (χ0v) is 14.9. The molecule has 3 N–H and O–H groups in total. The highest BCUT2D eigenvalue weighted by atomic mass is 35.5. The topological polar surface area (TPSA) is 78.4 Å². The van der Waals surface area contributed by atoms with Crippen LogP contribution < -0.4 is 10.6 Å². The van der Waals surface area contributed by atoms with Crippen LogP contribution in [0.2, 0.25) is 15.1 Å². The van der Waals surface area contributed by atoms with Crippen LogP contribution in [-0.4, -0.2) is 22.1 Å². The molecule has 5 nitrogen and oxygen atoms in total. The molecule has 0 heterocycles. The second-order valence-corrected chi connectivity index (χ2v) is 6.11. The van der Waals surface area contributed by atoms with Crippen molar-refractivity contribution in [1.29, 1.82) is 0 Å². The molecule has 0 radical (unpaired) electrons. The zero-order chi connectivity index (χ0) is 17.9. The minimum absolute atomic E-state index is 0.0327. The number of carbonyl (C=O) groups excluding carboxylic acids is 1. The van der Waals surface area contributed by atoms with E-state index < -0.39 is 11.9 Å². The lowest BCUT2D eigenvalue weighted by Gasteiger charge is -2.11. The van der Waals surface area contributed by atoms with E-state index in [9.17, 15) is 9.59 Å². The van der Waals surface area contributed by atoms with Crippen molar-refractivity contribution in [2.75, 3.05) is 5.32 Å². The Bertz CT molecular complexity index is 843. The van der Waals surface area contributed by atoms with Crippen molar-refractivity contribution in [3.8, 4) is 0 Å². The highest BCUT2D eigenvalue weighted by molar-refractivity contribution is 7.80. The molecule has 0 saturated heterocycles. The Kier molecular flexibility index (Phi) is 6.01. The van der Waals surface area contributed by atoms with Gasteiger partial charge in [-0.3, -0.25) is 10.1 Å². The highest BCUT2D eigenvalue weighted by Gasteiger charge is 2.15. The van der Waals surface area contributed by atoms with Crippen LogP contribution in [-0.2, 0) is 0 Å². The molecule has 0 aliphatic rings. The van der Waals surface area contributed by atoms with Gasteiger partial charge in [-0.15, -0.1) is 0 Å². The second kappa shape index (κ2) is 7.81. The first-order valence-electron chi connectivity index (χ1n) is 6.38. The van der Waals surface area contributed by atoms with Gasteiger partial charge in [0.15, 0.2) is 5.11 Å². The molecular weight excluding hydrogens is 395 g/mol. The molecule has 24 heavy (non-hydrogen) atoms. The van der Waals surface area contributed by atoms with E-state index in [4.69, 9.17) is 52.1 Å². The molecule has 1 amide bonds. The second-order valence-electron chi connectivity index (χ2n) is 4.51. The third-order valence-electron chi connectivity index (χ3n) is 2.88. The number of benzene rings is 2. The fourth-order valence-corrected chi connectivity index (χ4v) is 2.57. The van der Waals surface area contributed by atoms with Crippen molar-refractivity contribution in [2.45, 2.75) is 0 Å². The summed E-state index contributed by atoms with van der Waals surface area (Å²) < 4.78 is 0. The summed E-state index contributed by atoms with van der Waals surface area (Å²) in [6.45, 7) is 0. The molecule has 2 rings (SSSR count). The van der Waals surface area contributed by atoms with Crippen LogP contribution in [0.5, 0.6) is 0 Å². The quantitative estimate of drug-likeness (QED) is 0.659. The van der Waals surface area contributed by atoms with E-state index in [1.54, 1.807) is 12.1 Å². The Hall–Kier alpha value is -1.86. The first-order valence-corrected chi connectivity index (χ1v) is 7.93. The van der Waals surface area contributed by atoms with Gasteiger partial charge in [-0.1, -0.05) is 40.9 Å². The van der Waals surface area contributed by atoms with E-state index in [1.807, 2.05) is 0 Å². The molecule has 0 spiro atoms. The maximum atomic E-state index is 12.2. The lowest BCUT2D eigenvalue weighted by Crippen LogP contribution is -2.34. The number of halogens is 3. The number of carbonyl (C=O) groups is 2. The summed E-state index contributed by atoms with van der Waals surface area (Å²) in [5, 5.41) is 14.6. The summed E-state index contributed by atoms with van der Waals surface area (Å²) in [6, 6.07) is 8.87. The normalized spacial score (nSPS) is 10.1. The number of thiocarbonyl (C=S) groups is 1. The van der Waals surface area contributed by atoms with Crippen molar-refractivity contribution in [3.05, 3.63) is 62.6 Å². The van der Waals surface area contributed by atoms with Crippen LogP contribution in [0.3, 0.4) is 0 Å². The van der Waals surface area contributed by atoms with Gasteiger partial charge in [-0.25, -0.2) is 4.79 Å². The van der Waals surface area contributed by atoms with E-state index in [0.717, 1.165) is 0 Å². The largest absolute Gasteiger partial charge is 0.478 e. The Morgan fingerprint density at radius 2 is 1.71 bits per heavy atom. The molecule has 0 atom stereocenters. The summed E-state index contributed by atoms with van der Waals surface area (Å²) in [5.74, 6) is -1.73. The maximum Gasteiger partial charge on any atom is 0.337 e. The zero-order valence-electron chi connectivity index (χ0n) is 11.8. The van der Waals surface area contributed by atoms with E-state index >= 15 is 0 Å². The average Bonchev–Trinajstić information content (AvgIpc) is 2.51. The van der Waals surface area contributed by atoms with Crippen molar-refractivity contribution in [2.24, 2.45) is 0 Å². The number of hydrogen-bond donors (Lipinski definition) is 3. The minimum Gasteiger partial charge on any atom is -0.478 e. The van der Waals surface area contributed by atoms with Gasteiger partial charge in [0.25, 0.3) is 5.91 Å². The van der Waals surface area contributed by atoms with Gasteiger partial charge >= 0.3 is 5.97 Å². The number of aromatic carboxylic acids is 1. The number of carboxylic acids is 1. The Balaban J connectivity index is 2.11. The number of nitrogens with one attached hydrogen (secondary N) is 2. The summed E-state index contributed by atoms with van der Waals surface area (Å²) in [7, 11) is 0. The fourth-order valence-electron chi connectivity index (χ4n) is 1.78.